The summed E-state index contributed by atoms with van der Waals surface area (Å²) in [5.41, 5.74) is 1.01. The van der Waals surface area contributed by atoms with Crippen LogP contribution in [0.5, 0.6) is 0 Å². The molecule has 1 aromatic carbocycles. The van der Waals surface area contributed by atoms with Crippen LogP contribution in [0.4, 0.5) is 0 Å². The lowest BCUT2D eigenvalue weighted by Crippen LogP contribution is -2.29. The summed E-state index contributed by atoms with van der Waals surface area (Å²) in [6.07, 6.45) is 0.716. The first kappa shape index (κ1) is 12.1. The van der Waals surface area contributed by atoms with Crippen LogP contribution in [0, 0.1) is 0 Å². The number of benzene rings is 1. The van der Waals surface area contributed by atoms with Gasteiger partial charge < -0.3 is 5.32 Å². The van der Waals surface area contributed by atoms with Crippen LogP contribution in [0.2, 0.25) is 0 Å². The third-order valence-corrected chi connectivity index (χ3v) is 5.92. The van der Waals surface area contributed by atoms with Crippen LogP contribution < -0.4 is 5.32 Å². The quantitative estimate of drug-likeness (QED) is 0.928. The van der Waals surface area contributed by atoms with E-state index in [0.717, 1.165) is 10.5 Å². The van der Waals surface area contributed by atoms with Gasteiger partial charge in [-0.25, -0.2) is 13.4 Å². The van der Waals surface area contributed by atoms with Crippen LogP contribution in [0.25, 0.3) is 10.2 Å². The Morgan fingerprint density at radius 1 is 1.39 bits per heavy atom. The first-order valence-electron chi connectivity index (χ1n) is 5.91. The number of aromatic nitrogens is 1. The molecule has 0 saturated carbocycles. The monoisotopic (exact) mass is 282 g/mol. The van der Waals surface area contributed by atoms with E-state index in [1.165, 1.54) is 4.70 Å². The third-order valence-electron chi connectivity index (χ3n) is 3.11. The molecule has 96 valence electrons. The number of para-hydroxylation sites is 1. The highest BCUT2D eigenvalue weighted by Crippen LogP contribution is 2.21. The van der Waals surface area contributed by atoms with E-state index in [1.807, 2.05) is 18.2 Å². The number of nitrogens with zero attached hydrogens (tertiary/aromatic N) is 1. The van der Waals surface area contributed by atoms with E-state index < -0.39 is 9.84 Å². The van der Waals surface area contributed by atoms with Crippen molar-refractivity contribution < 1.29 is 8.42 Å². The highest BCUT2D eigenvalue weighted by Gasteiger charge is 2.27. The minimum Gasteiger partial charge on any atom is -0.307 e. The summed E-state index contributed by atoms with van der Waals surface area (Å²) in [7, 11) is -2.80. The van der Waals surface area contributed by atoms with E-state index in [1.54, 1.807) is 11.3 Å². The van der Waals surface area contributed by atoms with Gasteiger partial charge in [-0.3, -0.25) is 0 Å². The van der Waals surface area contributed by atoms with Gasteiger partial charge in [0.05, 0.1) is 21.7 Å². The van der Waals surface area contributed by atoms with Gasteiger partial charge in [0.25, 0.3) is 0 Å². The zero-order chi connectivity index (χ0) is 12.6. The molecule has 0 radical (unpaired) electrons. The Morgan fingerprint density at radius 2 is 2.22 bits per heavy atom. The average Bonchev–Trinajstić information content (AvgIpc) is 2.89. The Balaban J connectivity index is 1.67. The lowest BCUT2D eigenvalue weighted by Gasteiger charge is -2.07. The van der Waals surface area contributed by atoms with E-state index in [4.69, 9.17) is 0 Å². The van der Waals surface area contributed by atoms with Crippen molar-refractivity contribution >= 4 is 31.4 Å². The molecule has 1 atom stereocenters. The molecule has 1 aliphatic rings. The molecule has 4 nitrogen and oxygen atoms in total. The fourth-order valence-electron chi connectivity index (χ4n) is 2.18. The molecule has 1 saturated heterocycles. The summed E-state index contributed by atoms with van der Waals surface area (Å²) < 4.78 is 23.9. The molecule has 0 spiro atoms. The van der Waals surface area contributed by atoms with Crippen molar-refractivity contribution in [3.8, 4) is 0 Å². The van der Waals surface area contributed by atoms with Crippen LogP contribution in [-0.2, 0) is 16.4 Å². The molecule has 6 heteroatoms. The second kappa shape index (κ2) is 4.60. The molecule has 0 bridgehead atoms. The topological polar surface area (TPSA) is 59.1 Å². The van der Waals surface area contributed by atoms with Crippen molar-refractivity contribution in [1.29, 1.82) is 0 Å². The van der Waals surface area contributed by atoms with E-state index >= 15 is 0 Å². The summed E-state index contributed by atoms with van der Waals surface area (Å²) in [6, 6.07) is 8.11. The lowest BCUT2D eigenvalue weighted by molar-refractivity contribution is 0.553. The Kier molecular flexibility index (Phi) is 3.09. The van der Waals surface area contributed by atoms with Crippen molar-refractivity contribution in [2.24, 2.45) is 0 Å². The minimum absolute atomic E-state index is 0.0852. The van der Waals surface area contributed by atoms with Crippen LogP contribution in [0.3, 0.4) is 0 Å². The van der Waals surface area contributed by atoms with E-state index in [-0.39, 0.29) is 11.8 Å². The Bertz CT molecular complexity index is 631. The van der Waals surface area contributed by atoms with Crippen molar-refractivity contribution in [3.05, 3.63) is 29.3 Å². The van der Waals surface area contributed by atoms with Crippen molar-refractivity contribution in [2.75, 3.05) is 11.5 Å². The minimum atomic E-state index is -2.80. The lowest BCUT2D eigenvalue weighted by atomic mass is 10.3. The first-order valence-corrected chi connectivity index (χ1v) is 8.54. The molecular formula is C12H14N2O2S2. The van der Waals surface area contributed by atoms with Crippen molar-refractivity contribution in [3.63, 3.8) is 0 Å². The Labute approximate surface area is 110 Å². The second-order valence-electron chi connectivity index (χ2n) is 4.56. The summed E-state index contributed by atoms with van der Waals surface area (Å²) in [5, 5.41) is 4.30. The highest BCUT2D eigenvalue weighted by atomic mass is 32.2. The smallest absolute Gasteiger partial charge is 0.151 e. The normalized spacial score (nSPS) is 22.6. The number of thiazole rings is 1. The fourth-order valence-corrected chi connectivity index (χ4v) is 4.81. The molecule has 0 aliphatic carbocycles. The van der Waals surface area contributed by atoms with Gasteiger partial charge in [0.2, 0.25) is 0 Å². The van der Waals surface area contributed by atoms with Gasteiger partial charge in [-0.05, 0) is 18.6 Å². The number of nitrogens with one attached hydrogen (secondary N) is 1. The highest BCUT2D eigenvalue weighted by molar-refractivity contribution is 7.91. The van der Waals surface area contributed by atoms with Gasteiger partial charge >= 0.3 is 0 Å². The van der Waals surface area contributed by atoms with E-state index in [9.17, 15) is 8.42 Å². The molecule has 1 fully saturated rings. The van der Waals surface area contributed by atoms with Crippen molar-refractivity contribution in [1.82, 2.24) is 10.3 Å². The largest absolute Gasteiger partial charge is 0.307 e. The maximum Gasteiger partial charge on any atom is 0.151 e. The zero-order valence-electron chi connectivity index (χ0n) is 9.80. The van der Waals surface area contributed by atoms with Gasteiger partial charge in [-0.2, -0.15) is 0 Å². The van der Waals surface area contributed by atoms with Crippen LogP contribution in [0.1, 0.15) is 11.4 Å². The molecule has 1 aromatic heterocycles. The summed E-state index contributed by atoms with van der Waals surface area (Å²) >= 11 is 1.66. The molecule has 1 N–H and O–H groups in total. The number of hydrogen-bond donors (Lipinski definition) is 1. The number of rotatable bonds is 3. The summed E-state index contributed by atoms with van der Waals surface area (Å²) in [4.78, 5) is 4.52. The van der Waals surface area contributed by atoms with Gasteiger partial charge in [-0.15, -0.1) is 11.3 Å². The van der Waals surface area contributed by atoms with Crippen molar-refractivity contribution in [2.45, 2.75) is 19.0 Å². The molecule has 2 heterocycles. The molecule has 2 aromatic rings. The first-order chi connectivity index (χ1) is 8.62. The predicted molar refractivity (Wildman–Crippen MR) is 73.5 cm³/mol. The average molecular weight is 282 g/mol. The maximum atomic E-state index is 11.3. The molecule has 18 heavy (non-hydrogen) atoms. The molecule has 1 aliphatic heterocycles. The molecule has 3 rings (SSSR count). The fraction of sp³-hybridized carbons (Fsp3) is 0.417. The molecular weight excluding hydrogens is 268 g/mol. The predicted octanol–water partition coefficient (Wildman–Crippen LogP) is 1.57. The standard InChI is InChI=1S/C12H14N2O2S2/c15-18(16)6-5-9(8-18)13-7-12-14-10-3-1-2-4-11(10)17-12/h1-4,9,13H,5-8H2. The molecule has 1 unspecified atom stereocenters. The SMILES string of the molecule is O=S1(=O)CCC(NCc2nc3ccccc3s2)C1. The van der Waals surface area contributed by atoms with Gasteiger partial charge in [0.15, 0.2) is 9.84 Å². The third kappa shape index (κ3) is 2.55. The summed E-state index contributed by atoms with van der Waals surface area (Å²) in [6.45, 7) is 0.652. The van der Waals surface area contributed by atoms with Crippen LogP contribution in [-0.4, -0.2) is 30.9 Å². The zero-order valence-corrected chi connectivity index (χ0v) is 11.4. The second-order valence-corrected chi connectivity index (χ2v) is 7.90. The Hall–Kier alpha value is -0.980. The number of hydrogen-bond acceptors (Lipinski definition) is 5. The molecule has 0 amide bonds. The van der Waals surface area contributed by atoms with E-state index in [0.29, 0.717) is 18.7 Å². The van der Waals surface area contributed by atoms with Gasteiger partial charge in [0, 0.05) is 12.6 Å². The number of sulfone groups is 1. The van der Waals surface area contributed by atoms with Gasteiger partial charge in [-0.1, -0.05) is 12.1 Å². The summed E-state index contributed by atoms with van der Waals surface area (Å²) in [5.74, 6) is 0.572. The Morgan fingerprint density at radius 3 is 2.94 bits per heavy atom. The van der Waals surface area contributed by atoms with Crippen LogP contribution >= 0.6 is 11.3 Å². The van der Waals surface area contributed by atoms with Gasteiger partial charge in [0.1, 0.15) is 5.01 Å². The van der Waals surface area contributed by atoms with Crippen LogP contribution in [0.15, 0.2) is 24.3 Å². The van der Waals surface area contributed by atoms with E-state index in [2.05, 4.69) is 16.4 Å². The maximum absolute atomic E-state index is 11.3. The number of fused-ring (bicyclic) bond motifs is 1.